The maximum absolute atomic E-state index is 13.4. The number of sulfonamides is 1. The van der Waals surface area contributed by atoms with Crippen molar-refractivity contribution in [3.05, 3.63) is 60.2 Å². The first kappa shape index (κ1) is 21.2. The molecular weight excluding hydrogens is 442 g/mol. The van der Waals surface area contributed by atoms with Crippen molar-refractivity contribution in [2.24, 2.45) is 0 Å². The van der Waals surface area contributed by atoms with Gasteiger partial charge in [0.15, 0.2) is 0 Å². The largest absolute Gasteiger partial charge is 0.489 e. The predicted molar refractivity (Wildman–Crippen MR) is 98.9 cm³/mol. The zero-order chi connectivity index (χ0) is 22.2. The first-order valence-corrected chi connectivity index (χ1v) is 10.5. The van der Waals surface area contributed by atoms with Gasteiger partial charge in [-0.05, 0) is 48.9 Å². The van der Waals surface area contributed by atoms with Gasteiger partial charge in [0.1, 0.15) is 17.7 Å². The van der Waals surface area contributed by atoms with Crippen LogP contribution in [0.15, 0.2) is 57.9 Å². The molecule has 2 aromatic carbocycles. The van der Waals surface area contributed by atoms with Crippen LogP contribution in [-0.4, -0.2) is 42.1 Å². The minimum atomic E-state index is -4.73. The van der Waals surface area contributed by atoms with Crippen LogP contribution in [0.5, 0.6) is 5.75 Å². The second-order valence-electron chi connectivity index (χ2n) is 6.79. The van der Waals surface area contributed by atoms with E-state index in [2.05, 4.69) is 14.7 Å². The lowest BCUT2D eigenvalue weighted by Crippen LogP contribution is -2.31. The fourth-order valence-corrected chi connectivity index (χ4v) is 4.64. The van der Waals surface area contributed by atoms with E-state index in [9.17, 15) is 26.0 Å². The molecule has 31 heavy (non-hydrogen) atoms. The van der Waals surface area contributed by atoms with Gasteiger partial charge in [0.05, 0.1) is 11.4 Å². The number of hydrogen-bond donors (Lipinski definition) is 0. The van der Waals surface area contributed by atoms with Gasteiger partial charge >= 0.3 is 12.1 Å². The summed E-state index contributed by atoms with van der Waals surface area (Å²) in [6.07, 6.45) is -4.74. The molecule has 1 fully saturated rings. The van der Waals surface area contributed by atoms with Gasteiger partial charge in [0.25, 0.3) is 0 Å². The SMILES string of the molecule is O=S(=O)(c1cccc(F)c1)N1CC[C@H](Oc2ccc(-c3noc(C(F)(F)F)n3)cc2)C1. The number of halogens is 4. The molecule has 1 aliphatic rings. The van der Waals surface area contributed by atoms with Gasteiger partial charge in [0, 0.05) is 12.1 Å². The molecule has 0 saturated carbocycles. The quantitative estimate of drug-likeness (QED) is 0.543. The number of nitrogens with zero attached hydrogens (tertiary/aromatic N) is 3. The van der Waals surface area contributed by atoms with Gasteiger partial charge in [-0.25, -0.2) is 12.8 Å². The molecule has 0 bridgehead atoms. The van der Waals surface area contributed by atoms with Crippen LogP contribution in [-0.2, 0) is 16.2 Å². The van der Waals surface area contributed by atoms with E-state index < -0.39 is 34.0 Å². The van der Waals surface area contributed by atoms with Crippen molar-refractivity contribution < 1.29 is 35.2 Å². The van der Waals surface area contributed by atoms with Crippen molar-refractivity contribution >= 4 is 10.0 Å². The van der Waals surface area contributed by atoms with E-state index >= 15 is 0 Å². The van der Waals surface area contributed by atoms with Crippen LogP contribution < -0.4 is 4.74 Å². The lowest BCUT2D eigenvalue weighted by Gasteiger charge is -2.17. The molecule has 1 saturated heterocycles. The summed E-state index contributed by atoms with van der Waals surface area (Å²) < 4.78 is 87.6. The summed E-state index contributed by atoms with van der Waals surface area (Å²) in [7, 11) is -3.84. The second kappa shape index (κ2) is 7.93. The van der Waals surface area contributed by atoms with E-state index in [1.54, 1.807) is 0 Å². The molecule has 3 aromatic rings. The van der Waals surface area contributed by atoms with Crippen LogP contribution >= 0.6 is 0 Å². The Morgan fingerprint density at radius 3 is 2.52 bits per heavy atom. The van der Waals surface area contributed by atoms with Gasteiger partial charge in [0.2, 0.25) is 15.8 Å². The normalized spacial score (nSPS) is 17.7. The van der Waals surface area contributed by atoms with Crippen LogP contribution in [0.1, 0.15) is 12.3 Å². The fraction of sp³-hybridized carbons (Fsp3) is 0.263. The van der Waals surface area contributed by atoms with E-state index in [1.807, 2.05) is 0 Å². The molecule has 1 aliphatic heterocycles. The molecule has 7 nitrogen and oxygen atoms in total. The third-order valence-corrected chi connectivity index (χ3v) is 6.49. The summed E-state index contributed by atoms with van der Waals surface area (Å²) in [5.41, 5.74) is 0.299. The number of hydrogen-bond acceptors (Lipinski definition) is 6. The lowest BCUT2D eigenvalue weighted by molar-refractivity contribution is -0.159. The van der Waals surface area contributed by atoms with Crippen LogP contribution in [0.4, 0.5) is 17.6 Å². The fourth-order valence-electron chi connectivity index (χ4n) is 3.12. The molecule has 2 heterocycles. The number of rotatable bonds is 5. The topological polar surface area (TPSA) is 85.5 Å². The van der Waals surface area contributed by atoms with Gasteiger partial charge in [-0.3, -0.25) is 0 Å². The van der Waals surface area contributed by atoms with Crippen molar-refractivity contribution in [2.75, 3.05) is 13.1 Å². The summed E-state index contributed by atoms with van der Waals surface area (Å²) in [5, 5.41) is 3.31. The van der Waals surface area contributed by atoms with Crippen molar-refractivity contribution in [3.8, 4) is 17.1 Å². The van der Waals surface area contributed by atoms with E-state index in [4.69, 9.17) is 4.74 Å². The molecule has 0 aliphatic carbocycles. The molecular formula is C19H15F4N3O4S. The van der Waals surface area contributed by atoms with Crippen molar-refractivity contribution in [3.63, 3.8) is 0 Å². The Balaban J connectivity index is 1.41. The Morgan fingerprint density at radius 2 is 1.87 bits per heavy atom. The Labute approximate surface area is 174 Å². The third kappa shape index (κ3) is 4.54. The lowest BCUT2D eigenvalue weighted by atomic mass is 10.2. The monoisotopic (exact) mass is 457 g/mol. The summed E-state index contributed by atoms with van der Waals surface area (Å²) in [5.74, 6) is -1.89. The van der Waals surface area contributed by atoms with Crippen molar-refractivity contribution in [1.82, 2.24) is 14.4 Å². The van der Waals surface area contributed by atoms with Gasteiger partial charge in [-0.15, -0.1) is 0 Å². The zero-order valence-electron chi connectivity index (χ0n) is 15.7. The van der Waals surface area contributed by atoms with E-state index in [0.29, 0.717) is 17.7 Å². The van der Waals surface area contributed by atoms with E-state index in [0.717, 1.165) is 12.1 Å². The van der Waals surface area contributed by atoms with Crippen LogP contribution in [0.25, 0.3) is 11.4 Å². The van der Waals surface area contributed by atoms with Crippen LogP contribution in [0, 0.1) is 5.82 Å². The average molecular weight is 457 g/mol. The number of alkyl halides is 3. The maximum atomic E-state index is 13.4. The highest BCUT2D eigenvalue weighted by Crippen LogP contribution is 2.30. The first-order valence-electron chi connectivity index (χ1n) is 9.06. The molecule has 1 atom stereocenters. The van der Waals surface area contributed by atoms with Gasteiger partial charge < -0.3 is 9.26 Å². The minimum absolute atomic E-state index is 0.0837. The number of aromatic nitrogens is 2. The zero-order valence-corrected chi connectivity index (χ0v) is 16.5. The molecule has 0 radical (unpaired) electrons. The molecule has 1 aromatic heterocycles. The highest BCUT2D eigenvalue weighted by molar-refractivity contribution is 7.89. The minimum Gasteiger partial charge on any atom is -0.489 e. The van der Waals surface area contributed by atoms with Crippen LogP contribution in [0.3, 0.4) is 0 Å². The Hall–Kier alpha value is -2.99. The summed E-state index contributed by atoms with van der Waals surface area (Å²) in [6, 6.07) is 10.8. The van der Waals surface area contributed by atoms with Crippen LogP contribution in [0.2, 0.25) is 0 Å². The Bertz CT molecular complexity index is 1180. The summed E-state index contributed by atoms with van der Waals surface area (Å²) in [4.78, 5) is 3.18. The molecule has 0 spiro atoms. The second-order valence-corrected chi connectivity index (χ2v) is 8.73. The summed E-state index contributed by atoms with van der Waals surface area (Å²) >= 11 is 0. The molecule has 0 unspecified atom stereocenters. The highest BCUT2D eigenvalue weighted by atomic mass is 32.2. The van der Waals surface area contributed by atoms with Crippen molar-refractivity contribution in [2.45, 2.75) is 23.6 Å². The maximum Gasteiger partial charge on any atom is 0.471 e. The van der Waals surface area contributed by atoms with Gasteiger partial charge in [-0.1, -0.05) is 11.2 Å². The first-order chi connectivity index (χ1) is 14.6. The Kier molecular flexibility index (Phi) is 5.43. The summed E-state index contributed by atoms with van der Waals surface area (Å²) in [6.45, 7) is 0.297. The standard InChI is InChI=1S/C19H15F4N3O4S/c20-13-2-1-3-16(10-13)31(27,28)26-9-8-15(11-26)29-14-6-4-12(5-7-14)17-24-18(30-25-17)19(21,22)23/h1-7,10,15H,8-9,11H2/t15-/m0/s1. The highest BCUT2D eigenvalue weighted by Gasteiger charge is 2.38. The molecule has 0 N–H and O–H groups in total. The Morgan fingerprint density at radius 1 is 1.13 bits per heavy atom. The molecule has 12 heteroatoms. The number of ether oxygens (including phenoxy) is 1. The van der Waals surface area contributed by atoms with E-state index in [1.165, 1.54) is 40.7 Å². The molecule has 164 valence electrons. The smallest absolute Gasteiger partial charge is 0.471 e. The predicted octanol–water partition coefficient (Wildman–Crippen LogP) is 3.74. The van der Waals surface area contributed by atoms with Crippen molar-refractivity contribution in [1.29, 1.82) is 0 Å². The molecule has 0 amide bonds. The van der Waals surface area contributed by atoms with Gasteiger partial charge in [-0.2, -0.15) is 22.5 Å². The third-order valence-electron chi connectivity index (χ3n) is 4.63. The van der Waals surface area contributed by atoms with E-state index in [-0.39, 0.29) is 23.8 Å². The average Bonchev–Trinajstić information content (AvgIpc) is 3.38. The molecule has 4 rings (SSSR count). The number of benzene rings is 2.